The number of rotatable bonds is 3. The Morgan fingerprint density at radius 3 is 2.53 bits per heavy atom. The topological polar surface area (TPSA) is 48.1 Å². The Bertz CT molecular complexity index is 509. The van der Waals surface area contributed by atoms with E-state index in [0.29, 0.717) is 0 Å². The van der Waals surface area contributed by atoms with E-state index < -0.39 is 0 Å². The van der Waals surface area contributed by atoms with Crippen molar-refractivity contribution in [2.24, 2.45) is 5.73 Å². The van der Waals surface area contributed by atoms with Crippen LogP contribution in [0.1, 0.15) is 24.2 Å². The van der Waals surface area contributed by atoms with Crippen LogP contribution in [0.2, 0.25) is 0 Å². The first kappa shape index (κ1) is 11.6. The van der Waals surface area contributed by atoms with Gasteiger partial charge in [0.25, 0.3) is 0 Å². The summed E-state index contributed by atoms with van der Waals surface area (Å²) in [7, 11) is 0. The van der Waals surface area contributed by atoms with Crippen molar-refractivity contribution in [1.29, 1.82) is 0 Å². The predicted octanol–water partition coefficient (Wildman–Crippen LogP) is 3.20. The number of hydrogen-bond acceptors (Lipinski definition) is 3. The third kappa shape index (κ3) is 2.63. The maximum Gasteiger partial charge on any atom is 0.148 e. The molecule has 88 valence electrons. The summed E-state index contributed by atoms with van der Waals surface area (Å²) in [5.74, 6) is 1.55. The van der Waals surface area contributed by atoms with Gasteiger partial charge in [0.05, 0.1) is 5.69 Å². The number of ether oxygens (including phenoxy) is 1. The minimum Gasteiger partial charge on any atom is -0.455 e. The Morgan fingerprint density at radius 2 is 1.82 bits per heavy atom. The molecule has 0 spiro atoms. The first-order valence-corrected chi connectivity index (χ1v) is 5.62. The van der Waals surface area contributed by atoms with Crippen molar-refractivity contribution in [2.75, 3.05) is 0 Å². The third-order valence-electron chi connectivity index (χ3n) is 2.59. The minimum absolute atomic E-state index is 0.0526. The summed E-state index contributed by atoms with van der Waals surface area (Å²) in [4.78, 5) is 4.19. The number of pyridine rings is 1. The smallest absolute Gasteiger partial charge is 0.148 e. The molecule has 0 saturated carbocycles. The minimum atomic E-state index is -0.0526. The number of aryl methyl sites for hydroxylation is 1. The van der Waals surface area contributed by atoms with Crippen LogP contribution in [0.15, 0.2) is 42.6 Å². The van der Waals surface area contributed by atoms with Gasteiger partial charge in [0.1, 0.15) is 11.5 Å². The normalized spacial score (nSPS) is 12.2. The second-order valence-corrected chi connectivity index (χ2v) is 4.02. The zero-order valence-electron chi connectivity index (χ0n) is 10.1. The van der Waals surface area contributed by atoms with Crippen molar-refractivity contribution in [3.8, 4) is 11.5 Å². The van der Waals surface area contributed by atoms with Crippen molar-refractivity contribution in [3.63, 3.8) is 0 Å². The molecule has 1 unspecified atom stereocenters. The van der Waals surface area contributed by atoms with Crippen molar-refractivity contribution in [1.82, 2.24) is 4.98 Å². The fraction of sp³-hybridized carbons (Fsp3) is 0.214. The highest BCUT2D eigenvalue weighted by Gasteiger charge is 2.09. The summed E-state index contributed by atoms with van der Waals surface area (Å²) in [5.41, 5.74) is 7.77. The number of nitrogens with zero attached hydrogens (tertiary/aromatic N) is 1. The van der Waals surface area contributed by atoms with Crippen molar-refractivity contribution in [2.45, 2.75) is 19.9 Å². The van der Waals surface area contributed by atoms with E-state index in [4.69, 9.17) is 10.5 Å². The Hall–Kier alpha value is -1.87. The summed E-state index contributed by atoms with van der Waals surface area (Å²) in [5, 5.41) is 0. The van der Waals surface area contributed by atoms with E-state index in [1.165, 1.54) is 0 Å². The van der Waals surface area contributed by atoms with Gasteiger partial charge in [-0.05, 0) is 32.0 Å². The van der Waals surface area contributed by atoms with Gasteiger partial charge in [-0.3, -0.25) is 4.98 Å². The fourth-order valence-electron chi connectivity index (χ4n) is 1.65. The lowest BCUT2D eigenvalue weighted by Crippen LogP contribution is -2.06. The summed E-state index contributed by atoms with van der Waals surface area (Å²) in [6.07, 6.45) is 1.75. The Balaban J connectivity index is 2.34. The number of hydrogen-bond donors (Lipinski definition) is 1. The van der Waals surface area contributed by atoms with Gasteiger partial charge in [0.15, 0.2) is 0 Å². The molecule has 0 bridgehead atoms. The maximum atomic E-state index is 5.91. The monoisotopic (exact) mass is 228 g/mol. The molecule has 1 atom stereocenters. The molecule has 3 nitrogen and oxygen atoms in total. The summed E-state index contributed by atoms with van der Waals surface area (Å²) in [6, 6.07) is 11.5. The number of nitrogens with two attached hydrogens (primary N) is 1. The van der Waals surface area contributed by atoms with E-state index >= 15 is 0 Å². The van der Waals surface area contributed by atoms with Gasteiger partial charge >= 0.3 is 0 Å². The van der Waals surface area contributed by atoms with Crippen LogP contribution in [0.3, 0.4) is 0 Å². The van der Waals surface area contributed by atoms with Gasteiger partial charge < -0.3 is 10.5 Å². The number of benzene rings is 1. The molecule has 0 fully saturated rings. The molecule has 2 N–H and O–H groups in total. The molecule has 17 heavy (non-hydrogen) atoms. The summed E-state index contributed by atoms with van der Waals surface area (Å²) in [6.45, 7) is 3.86. The first-order chi connectivity index (χ1) is 8.18. The maximum absolute atomic E-state index is 5.91. The van der Waals surface area contributed by atoms with Crippen LogP contribution in [0.25, 0.3) is 0 Å². The lowest BCUT2D eigenvalue weighted by molar-refractivity contribution is 0.465. The lowest BCUT2D eigenvalue weighted by Gasteiger charge is -2.14. The highest BCUT2D eigenvalue weighted by molar-refractivity contribution is 5.40. The van der Waals surface area contributed by atoms with Gasteiger partial charge in [0.2, 0.25) is 0 Å². The fourth-order valence-corrected chi connectivity index (χ4v) is 1.65. The molecule has 0 aliphatic carbocycles. The van der Waals surface area contributed by atoms with Crippen LogP contribution in [-0.4, -0.2) is 4.98 Å². The van der Waals surface area contributed by atoms with Crippen molar-refractivity contribution in [3.05, 3.63) is 53.9 Å². The van der Waals surface area contributed by atoms with Crippen LogP contribution in [-0.2, 0) is 0 Å². The average molecular weight is 228 g/mol. The van der Waals surface area contributed by atoms with Gasteiger partial charge in [-0.15, -0.1) is 0 Å². The van der Waals surface area contributed by atoms with Crippen LogP contribution in [0, 0.1) is 6.92 Å². The molecule has 0 saturated heterocycles. The predicted molar refractivity (Wildman–Crippen MR) is 68.1 cm³/mol. The van der Waals surface area contributed by atoms with E-state index in [-0.39, 0.29) is 6.04 Å². The van der Waals surface area contributed by atoms with Crippen molar-refractivity contribution >= 4 is 0 Å². The molecule has 0 amide bonds. The quantitative estimate of drug-likeness (QED) is 0.877. The molecule has 3 heteroatoms. The number of aromatic nitrogens is 1. The van der Waals surface area contributed by atoms with E-state index in [1.807, 2.05) is 50.2 Å². The standard InChI is InChI=1S/C14H16N2O/c1-10(15)12-6-3-4-7-14(12)17-13-8-5-9-16-11(13)2/h3-10H,15H2,1-2H3. The second kappa shape index (κ2) is 4.97. The highest BCUT2D eigenvalue weighted by Crippen LogP contribution is 2.29. The highest BCUT2D eigenvalue weighted by atomic mass is 16.5. The molecule has 0 radical (unpaired) electrons. The zero-order valence-corrected chi connectivity index (χ0v) is 10.1. The van der Waals surface area contributed by atoms with E-state index in [1.54, 1.807) is 6.20 Å². The van der Waals surface area contributed by atoms with Crippen LogP contribution >= 0.6 is 0 Å². The number of para-hydroxylation sites is 1. The van der Waals surface area contributed by atoms with Gasteiger partial charge in [-0.2, -0.15) is 0 Å². The average Bonchev–Trinajstić information content (AvgIpc) is 2.32. The molecular formula is C14H16N2O. The molecule has 2 aromatic rings. The van der Waals surface area contributed by atoms with E-state index in [9.17, 15) is 0 Å². The molecule has 2 rings (SSSR count). The summed E-state index contributed by atoms with van der Waals surface area (Å²) >= 11 is 0. The van der Waals surface area contributed by atoms with Crippen LogP contribution in [0.4, 0.5) is 0 Å². The summed E-state index contributed by atoms with van der Waals surface area (Å²) < 4.78 is 5.86. The van der Waals surface area contributed by atoms with Gasteiger partial charge in [0, 0.05) is 17.8 Å². The zero-order chi connectivity index (χ0) is 12.3. The molecule has 1 heterocycles. The third-order valence-corrected chi connectivity index (χ3v) is 2.59. The molecule has 1 aromatic carbocycles. The van der Waals surface area contributed by atoms with Gasteiger partial charge in [-0.1, -0.05) is 18.2 Å². The first-order valence-electron chi connectivity index (χ1n) is 5.62. The Kier molecular flexibility index (Phi) is 3.40. The van der Waals surface area contributed by atoms with E-state index in [2.05, 4.69) is 4.98 Å². The molecule has 0 aliphatic rings. The molecule has 1 aromatic heterocycles. The van der Waals surface area contributed by atoms with Gasteiger partial charge in [-0.25, -0.2) is 0 Å². The largest absolute Gasteiger partial charge is 0.455 e. The Labute approximate surface area is 101 Å². The second-order valence-electron chi connectivity index (χ2n) is 4.02. The van der Waals surface area contributed by atoms with Crippen LogP contribution in [0.5, 0.6) is 11.5 Å². The molecule has 0 aliphatic heterocycles. The SMILES string of the molecule is Cc1ncccc1Oc1ccccc1C(C)N. The van der Waals surface area contributed by atoms with Crippen LogP contribution < -0.4 is 10.5 Å². The molecular weight excluding hydrogens is 212 g/mol. The Morgan fingerprint density at radius 1 is 1.12 bits per heavy atom. The lowest BCUT2D eigenvalue weighted by atomic mass is 10.1. The van der Waals surface area contributed by atoms with E-state index in [0.717, 1.165) is 22.8 Å². The van der Waals surface area contributed by atoms with Crippen molar-refractivity contribution < 1.29 is 4.74 Å².